The molecule has 3 heteroatoms. The molecule has 2 rings (SSSR count). The number of fused-ring (bicyclic) bond motifs is 1. The predicted molar refractivity (Wildman–Crippen MR) is 71.1 cm³/mol. The maximum atomic E-state index is 11.2. The monoisotopic (exact) mass is 256 g/mol. The van der Waals surface area contributed by atoms with Gasteiger partial charge in [-0.05, 0) is 51.4 Å². The van der Waals surface area contributed by atoms with E-state index >= 15 is 0 Å². The molecular weight excluding hydrogens is 228 g/mol. The Morgan fingerprint density at radius 2 is 1.61 bits per heavy atom. The van der Waals surface area contributed by atoms with Gasteiger partial charge in [-0.25, -0.2) is 0 Å². The molecule has 0 saturated heterocycles. The van der Waals surface area contributed by atoms with Gasteiger partial charge in [0, 0.05) is 12.3 Å². The average Bonchev–Trinajstić information content (AvgIpc) is 2.12. The van der Waals surface area contributed by atoms with Gasteiger partial charge < -0.3 is 15.3 Å². The van der Waals surface area contributed by atoms with E-state index < -0.39 is 16.8 Å². The topological polar surface area (TPSA) is 60.7 Å². The average molecular weight is 256 g/mol. The smallest absolute Gasteiger partial charge is 0.0760 e. The molecule has 0 aliphatic heterocycles. The third-order valence-corrected chi connectivity index (χ3v) is 5.40. The maximum absolute atomic E-state index is 11.2. The molecular formula is C15H28O3. The van der Waals surface area contributed by atoms with Crippen LogP contribution in [-0.4, -0.2) is 32.1 Å². The van der Waals surface area contributed by atoms with Gasteiger partial charge in [0.25, 0.3) is 0 Å². The van der Waals surface area contributed by atoms with E-state index in [-0.39, 0.29) is 11.8 Å². The molecule has 0 spiro atoms. The third kappa shape index (κ3) is 2.21. The van der Waals surface area contributed by atoms with Crippen molar-refractivity contribution >= 4 is 0 Å². The van der Waals surface area contributed by atoms with E-state index in [0.29, 0.717) is 25.2 Å². The Morgan fingerprint density at radius 3 is 2.17 bits per heavy atom. The van der Waals surface area contributed by atoms with E-state index in [0.717, 1.165) is 12.8 Å². The lowest BCUT2D eigenvalue weighted by molar-refractivity contribution is -0.234. The van der Waals surface area contributed by atoms with Gasteiger partial charge in [0.1, 0.15) is 0 Å². The molecule has 18 heavy (non-hydrogen) atoms. The Labute approximate surface area is 110 Å². The van der Waals surface area contributed by atoms with Crippen LogP contribution in [0.3, 0.4) is 0 Å². The van der Waals surface area contributed by atoms with E-state index in [9.17, 15) is 15.3 Å². The normalized spacial score (nSPS) is 53.3. The number of hydrogen-bond donors (Lipinski definition) is 3. The summed E-state index contributed by atoms with van der Waals surface area (Å²) < 4.78 is 0. The molecule has 2 saturated carbocycles. The van der Waals surface area contributed by atoms with Crippen LogP contribution in [-0.2, 0) is 0 Å². The first-order valence-corrected chi connectivity index (χ1v) is 7.26. The minimum atomic E-state index is -0.919. The molecule has 0 radical (unpaired) electrons. The maximum Gasteiger partial charge on any atom is 0.0760 e. The van der Waals surface area contributed by atoms with Gasteiger partial charge in [0.2, 0.25) is 0 Å². The van der Waals surface area contributed by atoms with Gasteiger partial charge in [0.15, 0.2) is 0 Å². The summed E-state index contributed by atoms with van der Waals surface area (Å²) in [4.78, 5) is 0. The molecule has 2 aliphatic rings. The van der Waals surface area contributed by atoms with Gasteiger partial charge in [0.05, 0.1) is 16.8 Å². The highest BCUT2D eigenvalue weighted by Gasteiger charge is 2.59. The minimum Gasteiger partial charge on any atom is -0.390 e. The van der Waals surface area contributed by atoms with Gasteiger partial charge in [-0.3, -0.25) is 0 Å². The summed E-state index contributed by atoms with van der Waals surface area (Å²) in [6.07, 6.45) is 3.36. The lowest BCUT2D eigenvalue weighted by atomic mass is 9.52. The minimum absolute atomic E-state index is 0.105. The molecule has 0 unspecified atom stereocenters. The molecule has 0 heterocycles. The van der Waals surface area contributed by atoms with Crippen molar-refractivity contribution in [3.8, 4) is 0 Å². The molecule has 106 valence electrons. The first kappa shape index (κ1) is 14.3. The van der Waals surface area contributed by atoms with Crippen molar-refractivity contribution in [2.75, 3.05) is 0 Å². The highest BCUT2D eigenvalue weighted by molar-refractivity contribution is 5.10. The molecule has 3 N–H and O–H groups in total. The van der Waals surface area contributed by atoms with Crippen LogP contribution in [0, 0.1) is 17.8 Å². The molecule has 3 nitrogen and oxygen atoms in total. The van der Waals surface area contributed by atoms with Crippen molar-refractivity contribution in [3.63, 3.8) is 0 Å². The molecule has 0 bridgehead atoms. The van der Waals surface area contributed by atoms with Gasteiger partial charge in [-0.1, -0.05) is 13.8 Å². The first-order valence-electron chi connectivity index (χ1n) is 7.26. The number of hydrogen-bond acceptors (Lipinski definition) is 3. The van der Waals surface area contributed by atoms with Crippen LogP contribution in [0.1, 0.15) is 59.8 Å². The summed E-state index contributed by atoms with van der Waals surface area (Å²) in [5.41, 5.74) is -2.51. The van der Waals surface area contributed by atoms with E-state index in [2.05, 4.69) is 13.8 Å². The Balaban J connectivity index is 2.36. The number of aliphatic hydroxyl groups is 3. The summed E-state index contributed by atoms with van der Waals surface area (Å²) >= 11 is 0. The van der Waals surface area contributed by atoms with Crippen LogP contribution in [0.4, 0.5) is 0 Å². The molecule has 2 fully saturated rings. The molecule has 5 atom stereocenters. The van der Waals surface area contributed by atoms with Crippen LogP contribution in [0.2, 0.25) is 0 Å². The van der Waals surface area contributed by atoms with Crippen LogP contribution < -0.4 is 0 Å². The second-order valence-electron chi connectivity index (χ2n) is 7.50. The fourth-order valence-corrected chi connectivity index (χ4v) is 4.55. The van der Waals surface area contributed by atoms with Crippen LogP contribution in [0.5, 0.6) is 0 Å². The molecule has 2 aliphatic carbocycles. The van der Waals surface area contributed by atoms with E-state index in [1.807, 2.05) is 13.8 Å². The van der Waals surface area contributed by atoms with Crippen LogP contribution >= 0.6 is 0 Å². The third-order valence-electron chi connectivity index (χ3n) is 5.40. The molecule has 0 aromatic rings. The standard InChI is InChI=1S/C15H28O3/c1-10(2)11-5-8-14(4,17)12-6-7-13(3,16)9-15(11,12)18/h10-12,16-18H,5-9H2,1-4H3/t11-,12+,13+,14+,15-/m0/s1. The van der Waals surface area contributed by atoms with Crippen molar-refractivity contribution in [1.82, 2.24) is 0 Å². The second kappa shape index (κ2) is 4.19. The van der Waals surface area contributed by atoms with E-state index in [1.54, 1.807) is 0 Å². The largest absolute Gasteiger partial charge is 0.390 e. The van der Waals surface area contributed by atoms with Gasteiger partial charge >= 0.3 is 0 Å². The second-order valence-corrected chi connectivity index (χ2v) is 7.50. The van der Waals surface area contributed by atoms with E-state index in [4.69, 9.17) is 0 Å². The highest BCUT2D eigenvalue weighted by Crippen LogP contribution is 2.55. The van der Waals surface area contributed by atoms with E-state index in [1.165, 1.54) is 0 Å². The van der Waals surface area contributed by atoms with Gasteiger partial charge in [-0.2, -0.15) is 0 Å². The van der Waals surface area contributed by atoms with Crippen molar-refractivity contribution in [2.24, 2.45) is 17.8 Å². The van der Waals surface area contributed by atoms with Crippen molar-refractivity contribution in [3.05, 3.63) is 0 Å². The van der Waals surface area contributed by atoms with Crippen LogP contribution in [0.25, 0.3) is 0 Å². The zero-order valence-electron chi connectivity index (χ0n) is 12.1. The quantitative estimate of drug-likeness (QED) is 0.673. The van der Waals surface area contributed by atoms with Crippen molar-refractivity contribution in [1.29, 1.82) is 0 Å². The Bertz CT molecular complexity index is 322. The predicted octanol–water partition coefficient (Wildman–Crippen LogP) is 2.09. The SMILES string of the molecule is CC(C)[C@@H]1CC[C@@](C)(O)[C@H]2CC[C@@](C)(O)C[C@]12O. The Hall–Kier alpha value is -0.120. The highest BCUT2D eigenvalue weighted by atomic mass is 16.3. The summed E-state index contributed by atoms with van der Waals surface area (Å²) in [5, 5.41) is 32.0. The van der Waals surface area contributed by atoms with Crippen LogP contribution in [0.15, 0.2) is 0 Å². The number of rotatable bonds is 1. The fraction of sp³-hybridized carbons (Fsp3) is 1.00. The zero-order valence-corrected chi connectivity index (χ0v) is 12.1. The lowest BCUT2D eigenvalue weighted by Crippen LogP contribution is -2.64. The molecule has 0 aromatic carbocycles. The summed E-state index contributed by atoms with van der Waals surface area (Å²) in [5.74, 6) is 0.448. The lowest BCUT2D eigenvalue weighted by Gasteiger charge is -2.58. The Kier molecular flexibility index (Phi) is 3.33. The zero-order chi connectivity index (χ0) is 13.8. The fourth-order valence-electron chi connectivity index (χ4n) is 4.55. The Morgan fingerprint density at radius 1 is 1.00 bits per heavy atom. The van der Waals surface area contributed by atoms with Crippen molar-refractivity contribution < 1.29 is 15.3 Å². The van der Waals surface area contributed by atoms with Gasteiger partial charge in [-0.15, -0.1) is 0 Å². The molecule has 0 amide bonds. The summed E-state index contributed by atoms with van der Waals surface area (Å²) in [6, 6.07) is 0. The summed E-state index contributed by atoms with van der Waals surface area (Å²) in [7, 11) is 0. The van der Waals surface area contributed by atoms with Crippen molar-refractivity contribution in [2.45, 2.75) is 76.6 Å². The molecule has 0 aromatic heterocycles. The first-order chi connectivity index (χ1) is 8.08. The summed E-state index contributed by atoms with van der Waals surface area (Å²) in [6.45, 7) is 7.91.